The quantitative estimate of drug-likeness (QED) is 0.860. The first-order valence-corrected chi connectivity index (χ1v) is 6.59. The van der Waals surface area contributed by atoms with Gasteiger partial charge in [0.25, 0.3) is 0 Å². The van der Waals surface area contributed by atoms with Crippen molar-refractivity contribution in [3.63, 3.8) is 0 Å². The molecule has 4 nitrogen and oxygen atoms in total. The number of hydrogen-bond donors (Lipinski definition) is 2. The van der Waals surface area contributed by atoms with Crippen LogP contribution in [-0.4, -0.2) is 17.0 Å². The molecule has 1 aliphatic rings. The van der Waals surface area contributed by atoms with Crippen LogP contribution in [0.3, 0.4) is 0 Å². The van der Waals surface area contributed by atoms with E-state index in [-0.39, 0.29) is 11.8 Å². The van der Waals surface area contributed by atoms with Gasteiger partial charge in [0.1, 0.15) is 0 Å². The van der Waals surface area contributed by atoms with Crippen molar-refractivity contribution in [3.8, 4) is 0 Å². The Balaban J connectivity index is 1.89. The zero-order valence-corrected chi connectivity index (χ0v) is 10.2. The Hall–Kier alpha value is -1.36. The predicted octanol–water partition coefficient (Wildman–Crippen LogP) is 1.87. The number of hydrogen-bond acceptors (Lipinski definition) is 3. The maximum atomic E-state index is 11.9. The predicted molar refractivity (Wildman–Crippen MR) is 64.6 cm³/mol. The van der Waals surface area contributed by atoms with Gasteiger partial charge in [-0.2, -0.15) is 0 Å². The van der Waals surface area contributed by atoms with Gasteiger partial charge < -0.3 is 10.4 Å². The molecule has 0 aliphatic heterocycles. The first kappa shape index (κ1) is 12.1. The van der Waals surface area contributed by atoms with Gasteiger partial charge in [0.15, 0.2) is 0 Å². The molecule has 0 bridgehead atoms. The Morgan fingerprint density at radius 1 is 1.41 bits per heavy atom. The lowest BCUT2D eigenvalue weighted by molar-refractivity contribution is -0.146. The molecule has 17 heavy (non-hydrogen) atoms. The van der Waals surface area contributed by atoms with Gasteiger partial charge in [-0.05, 0) is 24.3 Å². The third kappa shape index (κ3) is 2.85. The second kappa shape index (κ2) is 5.31. The molecule has 0 aromatic carbocycles. The molecule has 5 heteroatoms. The number of aliphatic carboxylic acids is 1. The molecule has 1 aromatic heterocycles. The average Bonchev–Trinajstić information content (AvgIpc) is 2.96. The molecule has 0 radical (unpaired) electrons. The van der Waals surface area contributed by atoms with Crippen LogP contribution in [0.5, 0.6) is 0 Å². The molecule has 2 atom stereocenters. The normalized spacial score (nSPS) is 23.5. The van der Waals surface area contributed by atoms with E-state index in [1.807, 2.05) is 17.5 Å². The van der Waals surface area contributed by atoms with E-state index in [1.165, 1.54) is 0 Å². The van der Waals surface area contributed by atoms with Gasteiger partial charge in [-0.3, -0.25) is 9.59 Å². The van der Waals surface area contributed by atoms with Crippen molar-refractivity contribution >= 4 is 23.2 Å². The first-order chi connectivity index (χ1) is 8.18. The molecular formula is C12H15NO3S. The Morgan fingerprint density at radius 3 is 2.82 bits per heavy atom. The average molecular weight is 253 g/mol. The van der Waals surface area contributed by atoms with Gasteiger partial charge in [-0.1, -0.05) is 12.5 Å². The molecule has 2 N–H and O–H groups in total. The monoisotopic (exact) mass is 253 g/mol. The number of thiophene rings is 1. The highest BCUT2D eigenvalue weighted by molar-refractivity contribution is 7.09. The second-order valence-electron chi connectivity index (χ2n) is 4.28. The first-order valence-electron chi connectivity index (χ1n) is 5.71. The Morgan fingerprint density at radius 2 is 2.18 bits per heavy atom. The molecule has 1 fully saturated rings. The van der Waals surface area contributed by atoms with Crippen molar-refractivity contribution in [1.29, 1.82) is 0 Å². The number of rotatable bonds is 4. The maximum absolute atomic E-state index is 11.9. The second-order valence-corrected chi connectivity index (χ2v) is 5.31. The summed E-state index contributed by atoms with van der Waals surface area (Å²) in [5, 5.41) is 13.8. The van der Waals surface area contributed by atoms with Crippen molar-refractivity contribution in [3.05, 3.63) is 22.4 Å². The van der Waals surface area contributed by atoms with Crippen molar-refractivity contribution in [2.45, 2.75) is 25.8 Å². The summed E-state index contributed by atoms with van der Waals surface area (Å²) in [5.74, 6) is -1.83. The molecule has 92 valence electrons. The van der Waals surface area contributed by atoms with Crippen LogP contribution in [0, 0.1) is 11.8 Å². The Kier molecular flexibility index (Phi) is 3.78. The zero-order valence-electron chi connectivity index (χ0n) is 9.39. The van der Waals surface area contributed by atoms with Crippen molar-refractivity contribution in [2.24, 2.45) is 11.8 Å². The van der Waals surface area contributed by atoms with E-state index >= 15 is 0 Å². The SMILES string of the molecule is O=C(O)[C@H]1CCC[C@H]1C(=O)NCc1cccs1. The molecule has 1 aliphatic carbocycles. The number of carboxylic acids is 1. The van der Waals surface area contributed by atoms with E-state index < -0.39 is 11.9 Å². The number of carbonyl (C=O) groups is 2. The molecule has 0 saturated heterocycles. The molecule has 0 spiro atoms. The highest BCUT2D eigenvalue weighted by atomic mass is 32.1. The Labute approximate surface area is 104 Å². The molecule has 2 rings (SSSR count). The lowest BCUT2D eigenvalue weighted by Gasteiger charge is -2.15. The molecule has 1 amide bonds. The van der Waals surface area contributed by atoms with E-state index in [1.54, 1.807) is 11.3 Å². The minimum absolute atomic E-state index is 0.122. The van der Waals surface area contributed by atoms with E-state index in [0.717, 1.165) is 11.3 Å². The summed E-state index contributed by atoms with van der Waals surface area (Å²) in [6.07, 6.45) is 2.13. The summed E-state index contributed by atoms with van der Waals surface area (Å²) in [6.45, 7) is 0.499. The van der Waals surface area contributed by atoms with Crippen LogP contribution in [0.4, 0.5) is 0 Å². The summed E-state index contributed by atoms with van der Waals surface area (Å²) in [7, 11) is 0. The molecular weight excluding hydrogens is 238 g/mol. The standard InChI is InChI=1S/C12H15NO3S/c14-11(13-7-8-3-2-6-17-8)9-4-1-5-10(9)12(15)16/h2-3,6,9-10H,1,4-5,7H2,(H,13,14)(H,15,16)/t9-,10+/m1/s1. The van der Waals surface area contributed by atoms with Crippen LogP contribution in [-0.2, 0) is 16.1 Å². The summed E-state index contributed by atoms with van der Waals surface area (Å²) in [5.41, 5.74) is 0. The number of carboxylic acid groups (broad SMARTS) is 1. The van der Waals surface area contributed by atoms with Crippen LogP contribution in [0.1, 0.15) is 24.1 Å². The number of carbonyl (C=O) groups excluding carboxylic acids is 1. The van der Waals surface area contributed by atoms with Crippen LogP contribution < -0.4 is 5.32 Å². The maximum Gasteiger partial charge on any atom is 0.307 e. The van der Waals surface area contributed by atoms with Crippen LogP contribution >= 0.6 is 11.3 Å². The van der Waals surface area contributed by atoms with Crippen molar-refractivity contribution in [2.75, 3.05) is 0 Å². The minimum atomic E-state index is -0.848. The lowest BCUT2D eigenvalue weighted by Crippen LogP contribution is -2.34. The van der Waals surface area contributed by atoms with E-state index in [4.69, 9.17) is 5.11 Å². The molecule has 1 heterocycles. The van der Waals surface area contributed by atoms with Crippen LogP contribution in [0.15, 0.2) is 17.5 Å². The van der Waals surface area contributed by atoms with Gasteiger partial charge in [0.2, 0.25) is 5.91 Å². The molecule has 1 saturated carbocycles. The lowest BCUT2D eigenvalue weighted by atomic mass is 9.95. The fourth-order valence-corrected chi connectivity index (χ4v) is 2.93. The Bertz CT molecular complexity index is 402. The van der Waals surface area contributed by atoms with E-state index in [0.29, 0.717) is 19.4 Å². The molecule has 0 unspecified atom stereocenters. The third-order valence-electron chi connectivity index (χ3n) is 3.19. The largest absolute Gasteiger partial charge is 0.481 e. The summed E-state index contributed by atoms with van der Waals surface area (Å²) < 4.78 is 0. The zero-order chi connectivity index (χ0) is 12.3. The highest BCUT2D eigenvalue weighted by Crippen LogP contribution is 2.32. The number of amides is 1. The molecule has 1 aromatic rings. The summed E-state index contributed by atoms with van der Waals surface area (Å²) in [6, 6.07) is 3.88. The van der Waals surface area contributed by atoms with Gasteiger partial charge in [-0.15, -0.1) is 11.3 Å². The van der Waals surface area contributed by atoms with Gasteiger partial charge in [0, 0.05) is 4.88 Å². The van der Waals surface area contributed by atoms with E-state index in [9.17, 15) is 9.59 Å². The van der Waals surface area contributed by atoms with E-state index in [2.05, 4.69) is 5.32 Å². The van der Waals surface area contributed by atoms with Gasteiger partial charge >= 0.3 is 5.97 Å². The smallest absolute Gasteiger partial charge is 0.307 e. The third-order valence-corrected chi connectivity index (χ3v) is 4.06. The minimum Gasteiger partial charge on any atom is -0.481 e. The van der Waals surface area contributed by atoms with Crippen molar-refractivity contribution < 1.29 is 14.7 Å². The summed E-state index contributed by atoms with van der Waals surface area (Å²) >= 11 is 1.58. The fraction of sp³-hybridized carbons (Fsp3) is 0.500. The van der Waals surface area contributed by atoms with Gasteiger partial charge in [0.05, 0.1) is 18.4 Å². The fourth-order valence-electron chi connectivity index (χ4n) is 2.29. The summed E-state index contributed by atoms with van der Waals surface area (Å²) in [4.78, 5) is 23.9. The topological polar surface area (TPSA) is 66.4 Å². The van der Waals surface area contributed by atoms with Gasteiger partial charge in [-0.25, -0.2) is 0 Å². The number of nitrogens with one attached hydrogen (secondary N) is 1. The van der Waals surface area contributed by atoms with Crippen LogP contribution in [0.2, 0.25) is 0 Å². The van der Waals surface area contributed by atoms with Crippen molar-refractivity contribution in [1.82, 2.24) is 5.32 Å². The van der Waals surface area contributed by atoms with Crippen LogP contribution in [0.25, 0.3) is 0 Å². The highest BCUT2D eigenvalue weighted by Gasteiger charge is 2.37.